The van der Waals surface area contributed by atoms with Crippen LogP contribution in [0.5, 0.6) is 0 Å². The maximum atomic E-state index is 13.1. The average molecular weight is 312 g/mol. The van der Waals surface area contributed by atoms with Crippen LogP contribution in [0.2, 0.25) is 10.0 Å². The van der Waals surface area contributed by atoms with Crippen molar-refractivity contribution in [3.63, 3.8) is 0 Å². The van der Waals surface area contributed by atoms with Crippen LogP contribution < -0.4 is 5.32 Å². The summed E-state index contributed by atoms with van der Waals surface area (Å²) in [5.41, 5.74) is 1.99. The Morgan fingerprint density at radius 3 is 2.65 bits per heavy atom. The van der Waals surface area contributed by atoms with Crippen LogP contribution in [0.3, 0.4) is 0 Å². The molecule has 0 fully saturated rings. The molecule has 0 spiro atoms. The molecule has 4 heteroatoms. The minimum Gasteiger partial charge on any atom is -0.310 e. The van der Waals surface area contributed by atoms with Gasteiger partial charge in [-0.2, -0.15) is 0 Å². The van der Waals surface area contributed by atoms with Crippen molar-refractivity contribution in [1.29, 1.82) is 0 Å². The molecule has 1 atom stereocenters. The second-order valence-corrected chi connectivity index (χ2v) is 5.57. The van der Waals surface area contributed by atoms with Gasteiger partial charge in [0.1, 0.15) is 5.82 Å². The summed E-state index contributed by atoms with van der Waals surface area (Å²) >= 11 is 12.0. The molecule has 0 bridgehead atoms. The van der Waals surface area contributed by atoms with Gasteiger partial charge in [0.15, 0.2) is 0 Å². The molecule has 1 N–H and O–H groups in total. The lowest BCUT2D eigenvalue weighted by molar-refractivity contribution is 0.574. The molecule has 2 rings (SSSR count). The third kappa shape index (κ3) is 4.20. The van der Waals surface area contributed by atoms with E-state index in [9.17, 15) is 4.39 Å². The van der Waals surface area contributed by atoms with Crippen molar-refractivity contribution in [1.82, 2.24) is 5.32 Å². The average Bonchev–Trinajstić information content (AvgIpc) is 2.38. The first-order chi connectivity index (χ1) is 9.56. The Labute approximate surface area is 128 Å². The molecule has 0 aliphatic carbocycles. The van der Waals surface area contributed by atoms with Crippen LogP contribution in [0.4, 0.5) is 4.39 Å². The van der Waals surface area contributed by atoms with Crippen molar-refractivity contribution >= 4 is 23.2 Å². The first-order valence-electron chi connectivity index (χ1n) is 6.49. The van der Waals surface area contributed by atoms with Crippen molar-refractivity contribution < 1.29 is 4.39 Å². The zero-order valence-corrected chi connectivity index (χ0v) is 12.7. The fraction of sp³-hybridized carbons (Fsp3) is 0.250. The van der Waals surface area contributed by atoms with Gasteiger partial charge in [-0.25, -0.2) is 4.39 Å². The summed E-state index contributed by atoms with van der Waals surface area (Å²) in [4.78, 5) is 0. The molecule has 0 amide bonds. The van der Waals surface area contributed by atoms with E-state index in [1.807, 2.05) is 25.1 Å². The Hall–Kier alpha value is -1.09. The third-order valence-electron chi connectivity index (χ3n) is 3.18. The van der Waals surface area contributed by atoms with E-state index in [0.29, 0.717) is 10.0 Å². The fourth-order valence-electron chi connectivity index (χ4n) is 2.09. The second kappa shape index (κ2) is 7.07. The number of benzene rings is 2. The van der Waals surface area contributed by atoms with E-state index in [4.69, 9.17) is 23.2 Å². The van der Waals surface area contributed by atoms with E-state index < -0.39 is 0 Å². The smallest absolute Gasteiger partial charge is 0.123 e. The van der Waals surface area contributed by atoms with E-state index in [1.54, 1.807) is 18.2 Å². The Morgan fingerprint density at radius 1 is 1.15 bits per heavy atom. The monoisotopic (exact) mass is 311 g/mol. The lowest BCUT2D eigenvalue weighted by Gasteiger charge is -2.16. The molecular weight excluding hydrogens is 296 g/mol. The van der Waals surface area contributed by atoms with Gasteiger partial charge in [0.25, 0.3) is 0 Å². The molecule has 2 aromatic rings. The van der Waals surface area contributed by atoms with Gasteiger partial charge in [0, 0.05) is 16.1 Å². The highest BCUT2D eigenvalue weighted by molar-refractivity contribution is 6.35. The first kappa shape index (κ1) is 15.3. The maximum absolute atomic E-state index is 13.1. The highest BCUT2D eigenvalue weighted by atomic mass is 35.5. The van der Waals surface area contributed by atoms with E-state index >= 15 is 0 Å². The molecular formula is C16H16Cl2FN. The van der Waals surface area contributed by atoms with Crippen LogP contribution in [-0.2, 0) is 6.42 Å². The Bertz CT molecular complexity index is 586. The number of rotatable bonds is 5. The van der Waals surface area contributed by atoms with Gasteiger partial charge < -0.3 is 5.32 Å². The standard InChI is InChI=1S/C16H16Cl2FN/c1-11(15-6-5-13(17)10-16(15)18)20-8-7-12-3-2-4-14(19)9-12/h2-6,9-11,20H,7-8H2,1H3. The number of hydrogen-bond acceptors (Lipinski definition) is 1. The molecule has 1 nitrogen and oxygen atoms in total. The quantitative estimate of drug-likeness (QED) is 0.817. The molecule has 0 aliphatic rings. The highest BCUT2D eigenvalue weighted by Crippen LogP contribution is 2.25. The Kier molecular flexibility index (Phi) is 5.41. The van der Waals surface area contributed by atoms with Gasteiger partial charge in [-0.3, -0.25) is 0 Å². The minimum absolute atomic E-state index is 0.119. The van der Waals surface area contributed by atoms with Crippen molar-refractivity contribution in [3.05, 3.63) is 69.5 Å². The Balaban J connectivity index is 1.90. The summed E-state index contributed by atoms with van der Waals surface area (Å²) in [5.74, 6) is -0.198. The predicted molar refractivity (Wildman–Crippen MR) is 83.0 cm³/mol. The van der Waals surface area contributed by atoms with Gasteiger partial charge in [-0.1, -0.05) is 41.4 Å². The molecule has 2 aromatic carbocycles. The van der Waals surface area contributed by atoms with Crippen LogP contribution in [0, 0.1) is 5.82 Å². The highest BCUT2D eigenvalue weighted by Gasteiger charge is 2.09. The molecule has 106 valence electrons. The summed E-state index contributed by atoms with van der Waals surface area (Å²) < 4.78 is 13.1. The van der Waals surface area contributed by atoms with Gasteiger partial charge in [-0.15, -0.1) is 0 Å². The topological polar surface area (TPSA) is 12.0 Å². The summed E-state index contributed by atoms with van der Waals surface area (Å²) in [6, 6.07) is 12.3. The fourth-order valence-corrected chi connectivity index (χ4v) is 2.66. The van der Waals surface area contributed by atoms with Crippen LogP contribution in [-0.4, -0.2) is 6.54 Å². The second-order valence-electron chi connectivity index (χ2n) is 4.72. The van der Waals surface area contributed by atoms with Crippen LogP contribution in [0.1, 0.15) is 24.1 Å². The van der Waals surface area contributed by atoms with Crippen molar-refractivity contribution in [2.45, 2.75) is 19.4 Å². The molecule has 0 aliphatic heterocycles. The lowest BCUT2D eigenvalue weighted by Crippen LogP contribution is -2.21. The largest absolute Gasteiger partial charge is 0.310 e. The zero-order valence-electron chi connectivity index (χ0n) is 11.2. The zero-order chi connectivity index (χ0) is 14.5. The summed E-state index contributed by atoms with van der Waals surface area (Å²) in [6.07, 6.45) is 0.771. The van der Waals surface area contributed by atoms with Crippen molar-refractivity contribution in [2.24, 2.45) is 0 Å². The van der Waals surface area contributed by atoms with Crippen LogP contribution in [0.25, 0.3) is 0 Å². The molecule has 0 heterocycles. The van der Waals surface area contributed by atoms with Crippen molar-refractivity contribution in [3.8, 4) is 0 Å². The van der Waals surface area contributed by atoms with Gasteiger partial charge in [0.2, 0.25) is 0 Å². The Morgan fingerprint density at radius 2 is 1.95 bits per heavy atom. The number of nitrogens with one attached hydrogen (secondary N) is 1. The number of halogens is 3. The van der Waals surface area contributed by atoms with E-state index in [-0.39, 0.29) is 11.9 Å². The number of hydrogen-bond donors (Lipinski definition) is 1. The maximum Gasteiger partial charge on any atom is 0.123 e. The van der Waals surface area contributed by atoms with Crippen molar-refractivity contribution in [2.75, 3.05) is 6.54 Å². The summed E-state index contributed by atoms with van der Waals surface area (Å²) in [6.45, 7) is 2.80. The van der Waals surface area contributed by atoms with Gasteiger partial charge in [0.05, 0.1) is 0 Å². The molecule has 0 radical (unpaired) electrons. The molecule has 0 saturated heterocycles. The lowest BCUT2D eigenvalue weighted by atomic mass is 10.1. The van der Waals surface area contributed by atoms with Gasteiger partial charge in [-0.05, 0) is 55.3 Å². The van der Waals surface area contributed by atoms with Gasteiger partial charge >= 0.3 is 0 Å². The molecule has 0 saturated carbocycles. The van der Waals surface area contributed by atoms with E-state index in [0.717, 1.165) is 24.1 Å². The molecule has 0 aromatic heterocycles. The normalized spacial score (nSPS) is 12.4. The molecule has 1 unspecified atom stereocenters. The van der Waals surface area contributed by atoms with E-state index in [2.05, 4.69) is 5.32 Å². The summed E-state index contributed by atoms with van der Waals surface area (Å²) in [7, 11) is 0. The predicted octanol–water partition coefficient (Wildman–Crippen LogP) is 5.03. The third-order valence-corrected chi connectivity index (χ3v) is 3.74. The summed E-state index contributed by atoms with van der Waals surface area (Å²) in [5, 5.41) is 4.66. The van der Waals surface area contributed by atoms with E-state index in [1.165, 1.54) is 6.07 Å². The first-order valence-corrected chi connectivity index (χ1v) is 7.24. The minimum atomic E-state index is -0.198. The molecule has 20 heavy (non-hydrogen) atoms. The van der Waals surface area contributed by atoms with Crippen LogP contribution >= 0.6 is 23.2 Å². The SMILES string of the molecule is CC(NCCc1cccc(F)c1)c1ccc(Cl)cc1Cl. The van der Waals surface area contributed by atoms with Crippen LogP contribution in [0.15, 0.2) is 42.5 Å².